The van der Waals surface area contributed by atoms with Crippen LogP contribution in [0.25, 0.3) is 16.6 Å². The van der Waals surface area contributed by atoms with E-state index in [9.17, 15) is 9.90 Å². The summed E-state index contributed by atoms with van der Waals surface area (Å²) in [7, 11) is 0. The van der Waals surface area contributed by atoms with Gasteiger partial charge in [0.15, 0.2) is 0 Å². The normalized spacial score (nSPS) is 11.7. The highest BCUT2D eigenvalue weighted by atomic mass is 16.3. The van der Waals surface area contributed by atoms with Gasteiger partial charge in [-0.25, -0.2) is 0 Å². The summed E-state index contributed by atoms with van der Waals surface area (Å²) in [6.45, 7) is 2.22. The molecule has 0 atom stereocenters. The van der Waals surface area contributed by atoms with Crippen LogP contribution in [0.1, 0.15) is 18.1 Å². The van der Waals surface area contributed by atoms with Crippen molar-refractivity contribution >= 4 is 16.6 Å². The Kier molecular flexibility index (Phi) is 4.77. The van der Waals surface area contributed by atoms with Gasteiger partial charge in [0.2, 0.25) is 0 Å². The highest BCUT2D eigenvalue weighted by Crippen LogP contribution is 2.28. The quantitative estimate of drug-likeness (QED) is 0.531. The molecule has 0 amide bonds. The SMILES string of the molecule is CC(=NCc1ccccc1)c1c(O)c2ccccc2n(-c2ccccc2)c1=O. The van der Waals surface area contributed by atoms with E-state index < -0.39 is 0 Å². The fraction of sp³-hybridized carbons (Fsp3) is 0.0833. The van der Waals surface area contributed by atoms with Crippen molar-refractivity contribution < 1.29 is 5.11 Å². The van der Waals surface area contributed by atoms with Crippen LogP contribution in [-0.4, -0.2) is 15.4 Å². The summed E-state index contributed by atoms with van der Waals surface area (Å²) in [6, 6.07) is 26.6. The van der Waals surface area contributed by atoms with Crippen LogP contribution in [0.4, 0.5) is 0 Å². The molecule has 1 N–H and O–H groups in total. The Morgan fingerprint density at radius 1 is 0.893 bits per heavy atom. The Hall–Kier alpha value is -3.66. The Morgan fingerprint density at radius 2 is 1.50 bits per heavy atom. The van der Waals surface area contributed by atoms with Crippen molar-refractivity contribution in [3.05, 3.63) is 106 Å². The van der Waals surface area contributed by atoms with Gasteiger partial charge in [-0.3, -0.25) is 14.4 Å². The number of hydrogen-bond acceptors (Lipinski definition) is 3. The van der Waals surface area contributed by atoms with E-state index in [1.54, 1.807) is 11.5 Å². The molecule has 0 saturated carbocycles. The van der Waals surface area contributed by atoms with Crippen LogP contribution in [0.3, 0.4) is 0 Å². The van der Waals surface area contributed by atoms with E-state index >= 15 is 0 Å². The van der Waals surface area contributed by atoms with Crippen molar-refractivity contribution in [1.29, 1.82) is 0 Å². The summed E-state index contributed by atoms with van der Waals surface area (Å²) >= 11 is 0. The molecule has 0 aliphatic carbocycles. The number of rotatable bonds is 4. The zero-order chi connectivity index (χ0) is 19.5. The first-order valence-electron chi connectivity index (χ1n) is 9.14. The summed E-state index contributed by atoms with van der Waals surface area (Å²) in [5.41, 5.74) is 2.93. The molecule has 4 rings (SSSR count). The first-order valence-corrected chi connectivity index (χ1v) is 9.14. The van der Waals surface area contributed by atoms with Crippen LogP contribution < -0.4 is 5.56 Å². The zero-order valence-electron chi connectivity index (χ0n) is 15.5. The van der Waals surface area contributed by atoms with Gasteiger partial charge in [-0.2, -0.15) is 0 Å². The molecule has 4 nitrogen and oxygen atoms in total. The van der Waals surface area contributed by atoms with Crippen LogP contribution in [-0.2, 0) is 6.54 Å². The molecular weight excluding hydrogens is 348 g/mol. The van der Waals surface area contributed by atoms with Gasteiger partial charge in [-0.05, 0) is 36.8 Å². The molecule has 0 aliphatic heterocycles. The maximum atomic E-state index is 13.4. The lowest BCUT2D eigenvalue weighted by Gasteiger charge is -2.15. The van der Waals surface area contributed by atoms with Crippen molar-refractivity contribution in [2.75, 3.05) is 0 Å². The third-order valence-electron chi connectivity index (χ3n) is 4.77. The smallest absolute Gasteiger partial charge is 0.268 e. The third kappa shape index (κ3) is 3.21. The van der Waals surface area contributed by atoms with Gasteiger partial charge in [0, 0.05) is 16.8 Å². The average molecular weight is 368 g/mol. The molecule has 0 bridgehead atoms. The summed E-state index contributed by atoms with van der Waals surface area (Å²) in [6.07, 6.45) is 0. The number of para-hydroxylation sites is 2. The molecular formula is C24H20N2O2. The number of aliphatic imine (C=N–C) groups is 1. The first kappa shape index (κ1) is 17.7. The van der Waals surface area contributed by atoms with Gasteiger partial charge in [-0.1, -0.05) is 60.7 Å². The van der Waals surface area contributed by atoms with E-state index in [4.69, 9.17) is 0 Å². The number of nitrogens with zero attached hydrogens (tertiary/aromatic N) is 2. The standard InChI is InChI=1S/C24H20N2O2/c1-17(25-16-18-10-4-2-5-11-18)22-23(27)20-14-8-9-15-21(20)26(24(22)28)19-12-6-3-7-13-19/h2-15,27H,16H2,1H3. The average Bonchev–Trinajstić information content (AvgIpc) is 2.74. The van der Waals surface area contributed by atoms with Gasteiger partial charge < -0.3 is 5.11 Å². The van der Waals surface area contributed by atoms with Gasteiger partial charge in [0.1, 0.15) is 11.3 Å². The number of aromatic nitrogens is 1. The van der Waals surface area contributed by atoms with E-state index in [1.165, 1.54) is 0 Å². The fourth-order valence-corrected chi connectivity index (χ4v) is 3.36. The summed E-state index contributed by atoms with van der Waals surface area (Å²) in [5.74, 6) is -0.0258. The minimum atomic E-state index is -0.281. The van der Waals surface area contributed by atoms with Crippen LogP contribution in [0, 0.1) is 0 Å². The topological polar surface area (TPSA) is 54.6 Å². The number of pyridine rings is 1. The van der Waals surface area contributed by atoms with Gasteiger partial charge >= 0.3 is 0 Å². The van der Waals surface area contributed by atoms with Crippen LogP contribution >= 0.6 is 0 Å². The lowest BCUT2D eigenvalue weighted by atomic mass is 10.1. The summed E-state index contributed by atoms with van der Waals surface area (Å²) in [4.78, 5) is 18.0. The lowest BCUT2D eigenvalue weighted by molar-refractivity contribution is 0.478. The molecule has 0 unspecified atom stereocenters. The van der Waals surface area contributed by atoms with Gasteiger partial charge in [-0.15, -0.1) is 0 Å². The van der Waals surface area contributed by atoms with Crippen molar-refractivity contribution in [3.8, 4) is 11.4 Å². The molecule has 4 aromatic rings. The Labute approximate surface area is 163 Å². The Balaban J connectivity index is 1.93. The van der Waals surface area contributed by atoms with E-state index in [0.717, 1.165) is 11.3 Å². The predicted octanol–water partition coefficient (Wildman–Crippen LogP) is 4.71. The maximum absolute atomic E-state index is 13.4. The first-order chi connectivity index (χ1) is 13.7. The molecule has 138 valence electrons. The van der Waals surface area contributed by atoms with Crippen molar-refractivity contribution in [1.82, 2.24) is 4.57 Å². The van der Waals surface area contributed by atoms with Crippen molar-refractivity contribution in [2.45, 2.75) is 13.5 Å². The van der Waals surface area contributed by atoms with E-state index in [0.29, 0.717) is 23.2 Å². The second kappa shape index (κ2) is 7.53. The molecule has 3 aromatic carbocycles. The highest BCUT2D eigenvalue weighted by Gasteiger charge is 2.19. The summed E-state index contributed by atoms with van der Waals surface area (Å²) < 4.78 is 1.63. The molecule has 1 aromatic heterocycles. The lowest BCUT2D eigenvalue weighted by Crippen LogP contribution is -2.25. The van der Waals surface area contributed by atoms with Gasteiger partial charge in [0.25, 0.3) is 5.56 Å². The van der Waals surface area contributed by atoms with Crippen molar-refractivity contribution in [2.24, 2.45) is 4.99 Å². The van der Waals surface area contributed by atoms with Crippen LogP contribution in [0.2, 0.25) is 0 Å². The van der Waals surface area contributed by atoms with Crippen LogP contribution in [0.15, 0.2) is 94.7 Å². The second-order valence-corrected chi connectivity index (χ2v) is 6.60. The van der Waals surface area contributed by atoms with Crippen molar-refractivity contribution in [3.63, 3.8) is 0 Å². The number of hydrogen-bond donors (Lipinski definition) is 1. The molecule has 28 heavy (non-hydrogen) atoms. The van der Waals surface area contributed by atoms with E-state index in [-0.39, 0.29) is 16.9 Å². The molecule has 0 spiro atoms. The minimum absolute atomic E-state index is 0.0258. The third-order valence-corrected chi connectivity index (χ3v) is 4.77. The number of fused-ring (bicyclic) bond motifs is 1. The molecule has 1 heterocycles. The number of benzene rings is 3. The molecule has 0 saturated heterocycles. The Bertz CT molecular complexity index is 1210. The molecule has 0 fully saturated rings. The molecule has 0 aliphatic rings. The fourth-order valence-electron chi connectivity index (χ4n) is 3.36. The highest BCUT2D eigenvalue weighted by molar-refractivity contribution is 6.05. The Morgan fingerprint density at radius 3 is 2.21 bits per heavy atom. The second-order valence-electron chi connectivity index (χ2n) is 6.60. The molecule has 0 radical (unpaired) electrons. The monoisotopic (exact) mass is 368 g/mol. The minimum Gasteiger partial charge on any atom is -0.506 e. The van der Waals surface area contributed by atoms with Gasteiger partial charge in [0.05, 0.1) is 12.1 Å². The predicted molar refractivity (Wildman–Crippen MR) is 114 cm³/mol. The molecule has 4 heteroatoms. The largest absolute Gasteiger partial charge is 0.506 e. The summed E-state index contributed by atoms with van der Waals surface area (Å²) in [5, 5.41) is 11.5. The van der Waals surface area contributed by atoms with E-state index in [2.05, 4.69) is 4.99 Å². The zero-order valence-corrected chi connectivity index (χ0v) is 15.5. The maximum Gasteiger partial charge on any atom is 0.268 e. The van der Waals surface area contributed by atoms with E-state index in [1.807, 2.05) is 84.9 Å². The number of aromatic hydroxyl groups is 1. The van der Waals surface area contributed by atoms with Crippen LogP contribution in [0.5, 0.6) is 5.75 Å².